The summed E-state index contributed by atoms with van der Waals surface area (Å²) in [6.45, 7) is 1.83. The molecule has 0 amide bonds. The predicted molar refractivity (Wildman–Crippen MR) is 90.2 cm³/mol. The monoisotopic (exact) mass is 361 g/mol. The number of allylic oxidation sites excluding steroid dienone is 1. The van der Waals surface area contributed by atoms with Crippen LogP contribution in [0.3, 0.4) is 0 Å². The van der Waals surface area contributed by atoms with E-state index in [4.69, 9.17) is 0 Å². The van der Waals surface area contributed by atoms with E-state index in [1.807, 2.05) is 0 Å². The van der Waals surface area contributed by atoms with Gasteiger partial charge in [-0.05, 0) is 48.9 Å². The van der Waals surface area contributed by atoms with Crippen LogP contribution in [0, 0.1) is 11.6 Å². The number of nitrogens with zero attached hydrogens (tertiary/aromatic N) is 1. The Balaban J connectivity index is 2.03. The molecule has 0 aliphatic heterocycles. The smallest absolute Gasteiger partial charge is 0.375 e. The molecule has 1 aromatic carbocycles. The Bertz CT molecular complexity index is 835. The minimum Gasteiger partial charge on any atom is -0.460 e. The molecule has 0 unspecified atom stereocenters. The zero-order valence-electron chi connectivity index (χ0n) is 14.1. The summed E-state index contributed by atoms with van der Waals surface area (Å²) in [4.78, 5) is 34.5. The van der Waals surface area contributed by atoms with Crippen LogP contribution in [0.5, 0.6) is 0 Å². The van der Waals surface area contributed by atoms with Crippen LogP contribution in [0.4, 0.5) is 8.78 Å². The van der Waals surface area contributed by atoms with Gasteiger partial charge in [0.2, 0.25) is 5.78 Å². The second kappa shape index (κ2) is 8.84. The molecule has 2 aromatic rings. The maximum absolute atomic E-state index is 13.3. The van der Waals surface area contributed by atoms with Gasteiger partial charge in [0.05, 0.1) is 13.0 Å². The third-order valence-corrected chi connectivity index (χ3v) is 3.42. The molecule has 0 radical (unpaired) electrons. The first kappa shape index (κ1) is 19.2. The molecule has 0 aliphatic carbocycles. The Hall–Kier alpha value is -3.09. The Labute approximate surface area is 148 Å². The molecule has 0 N–H and O–H groups in total. The molecule has 2 rings (SSSR count). The van der Waals surface area contributed by atoms with E-state index in [9.17, 15) is 23.2 Å². The van der Waals surface area contributed by atoms with Crippen molar-refractivity contribution in [1.29, 1.82) is 0 Å². The quantitative estimate of drug-likeness (QED) is 0.314. The van der Waals surface area contributed by atoms with Crippen molar-refractivity contribution < 1.29 is 27.9 Å². The van der Waals surface area contributed by atoms with Crippen molar-refractivity contribution in [3.05, 3.63) is 65.5 Å². The van der Waals surface area contributed by atoms with Crippen LogP contribution in [0.2, 0.25) is 0 Å². The minimum atomic E-state index is -1.04. The highest BCUT2D eigenvalue weighted by molar-refractivity contribution is 6.37. The molecule has 0 aliphatic rings. The highest BCUT2D eigenvalue weighted by Crippen LogP contribution is 2.13. The molecule has 0 spiro atoms. The topological polar surface area (TPSA) is 65.4 Å². The lowest BCUT2D eigenvalue weighted by Crippen LogP contribution is -2.19. The summed E-state index contributed by atoms with van der Waals surface area (Å²) < 4.78 is 32.8. The van der Waals surface area contributed by atoms with Crippen molar-refractivity contribution in [2.24, 2.45) is 0 Å². The maximum Gasteiger partial charge on any atom is 0.375 e. The average Bonchev–Trinajstić information content (AvgIpc) is 2.99. The molecule has 136 valence electrons. The number of halogens is 2. The van der Waals surface area contributed by atoms with Gasteiger partial charge in [-0.15, -0.1) is 0 Å². The summed E-state index contributed by atoms with van der Waals surface area (Å²) >= 11 is 0. The Kier molecular flexibility index (Phi) is 6.54. The lowest BCUT2D eigenvalue weighted by molar-refractivity contribution is -0.154. The van der Waals surface area contributed by atoms with E-state index in [1.165, 1.54) is 24.3 Å². The first-order chi connectivity index (χ1) is 12.4. The maximum atomic E-state index is 13.3. The minimum absolute atomic E-state index is 0.0583. The fourth-order valence-electron chi connectivity index (χ4n) is 2.30. The van der Waals surface area contributed by atoms with Crippen LogP contribution in [0.25, 0.3) is 6.08 Å². The molecule has 0 bridgehead atoms. The van der Waals surface area contributed by atoms with E-state index in [0.29, 0.717) is 11.3 Å². The first-order valence-electron chi connectivity index (χ1n) is 7.90. The van der Waals surface area contributed by atoms with Gasteiger partial charge in [-0.2, -0.15) is 0 Å². The van der Waals surface area contributed by atoms with Crippen molar-refractivity contribution in [3.8, 4) is 0 Å². The van der Waals surface area contributed by atoms with Gasteiger partial charge in [-0.3, -0.25) is 9.59 Å². The number of carbonyl (C=O) groups is 3. The number of hydrogen-bond acceptors (Lipinski definition) is 4. The van der Waals surface area contributed by atoms with Gasteiger partial charge >= 0.3 is 5.97 Å². The summed E-state index contributed by atoms with van der Waals surface area (Å²) in [5.41, 5.74) is 1.03. The fraction of sp³-hybridized carbons (Fsp3) is 0.211. The van der Waals surface area contributed by atoms with E-state index in [0.717, 1.165) is 6.07 Å². The molecular weight excluding hydrogens is 344 g/mol. The predicted octanol–water partition coefficient (Wildman–Crippen LogP) is 2.92. The largest absolute Gasteiger partial charge is 0.460 e. The Morgan fingerprint density at radius 3 is 2.50 bits per heavy atom. The number of benzene rings is 1. The van der Waals surface area contributed by atoms with Crippen molar-refractivity contribution in [2.45, 2.75) is 19.9 Å². The molecule has 5 nitrogen and oxygen atoms in total. The second-order valence-corrected chi connectivity index (χ2v) is 5.46. The molecular formula is C19H17F2NO4. The number of esters is 1. The van der Waals surface area contributed by atoms with Crippen LogP contribution < -0.4 is 0 Å². The van der Waals surface area contributed by atoms with Gasteiger partial charge in [-0.1, -0.05) is 0 Å². The molecule has 0 saturated carbocycles. The number of ether oxygens (including phenoxy) is 1. The lowest BCUT2D eigenvalue weighted by Gasteiger charge is -2.07. The van der Waals surface area contributed by atoms with Gasteiger partial charge in [-0.25, -0.2) is 13.6 Å². The van der Waals surface area contributed by atoms with Gasteiger partial charge < -0.3 is 9.30 Å². The van der Waals surface area contributed by atoms with E-state index in [2.05, 4.69) is 4.74 Å². The third kappa shape index (κ3) is 5.47. The molecule has 0 atom stereocenters. The number of hydrogen-bond donors (Lipinski definition) is 0. The van der Waals surface area contributed by atoms with Crippen molar-refractivity contribution in [1.82, 2.24) is 4.57 Å². The third-order valence-electron chi connectivity index (χ3n) is 3.42. The van der Waals surface area contributed by atoms with Crippen molar-refractivity contribution in [2.75, 3.05) is 6.61 Å². The highest BCUT2D eigenvalue weighted by atomic mass is 19.1. The zero-order valence-corrected chi connectivity index (χ0v) is 14.1. The molecule has 7 heteroatoms. The highest BCUT2D eigenvalue weighted by Gasteiger charge is 2.17. The van der Waals surface area contributed by atoms with Crippen LogP contribution in [-0.4, -0.2) is 28.7 Å². The molecule has 26 heavy (non-hydrogen) atoms. The number of carbonyl (C=O) groups excluding carboxylic acids is 3. The summed E-state index contributed by atoms with van der Waals surface area (Å²) in [6, 6.07) is 6.65. The standard InChI is InChI=1S/C19H17F2NO4/c1-2-26-19(25)18(24)11-17(23)6-5-16-4-3-7-22(16)12-13-8-14(20)10-15(21)9-13/h3-10H,2,11-12H2,1H3/b6-5+. The molecule has 1 heterocycles. The summed E-state index contributed by atoms with van der Waals surface area (Å²) in [5, 5.41) is 0. The van der Waals surface area contributed by atoms with Gasteiger partial charge in [0.15, 0.2) is 5.78 Å². The van der Waals surface area contributed by atoms with Gasteiger partial charge in [0.1, 0.15) is 11.6 Å². The van der Waals surface area contributed by atoms with E-state index >= 15 is 0 Å². The first-order valence-corrected chi connectivity index (χ1v) is 7.90. The van der Waals surface area contributed by atoms with E-state index < -0.39 is 35.6 Å². The SMILES string of the molecule is CCOC(=O)C(=O)CC(=O)/C=C/c1cccn1Cc1cc(F)cc(F)c1. The van der Waals surface area contributed by atoms with Crippen LogP contribution in [-0.2, 0) is 25.7 Å². The summed E-state index contributed by atoms with van der Waals surface area (Å²) in [5.74, 6) is -3.83. The van der Waals surface area contributed by atoms with Crippen molar-refractivity contribution >= 4 is 23.6 Å². The Morgan fingerprint density at radius 2 is 1.85 bits per heavy atom. The molecule has 0 saturated heterocycles. The van der Waals surface area contributed by atoms with Crippen LogP contribution in [0.15, 0.2) is 42.6 Å². The normalized spacial score (nSPS) is 10.9. The fourth-order valence-corrected chi connectivity index (χ4v) is 2.30. The second-order valence-electron chi connectivity index (χ2n) is 5.46. The lowest BCUT2D eigenvalue weighted by atomic mass is 10.2. The van der Waals surface area contributed by atoms with Gasteiger partial charge in [0.25, 0.3) is 0 Å². The summed E-state index contributed by atoms with van der Waals surface area (Å²) in [6.07, 6.45) is 3.76. The summed E-state index contributed by atoms with van der Waals surface area (Å²) in [7, 11) is 0. The molecule has 0 fully saturated rings. The number of Topliss-reactive ketones (excluding diaryl/α,β-unsaturated/α-hetero) is 1. The Morgan fingerprint density at radius 1 is 1.15 bits per heavy atom. The zero-order chi connectivity index (χ0) is 19.1. The number of aromatic nitrogens is 1. The van der Waals surface area contributed by atoms with E-state index in [-0.39, 0.29) is 13.2 Å². The van der Waals surface area contributed by atoms with E-state index in [1.54, 1.807) is 29.8 Å². The average molecular weight is 361 g/mol. The van der Waals surface area contributed by atoms with Crippen molar-refractivity contribution in [3.63, 3.8) is 0 Å². The number of rotatable bonds is 8. The van der Waals surface area contributed by atoms with Gasteiger partial charge in [0, 0.05) is 24.5 Å². The van der Waals surface area contributed by atoms with Crippen LogP contribution in [0.1, 0.15) is 24.6 Å². The van der Waals surface area contributed by atoms with Crippen LogP contribution >= 0.6 is 0 Å². The number of ketones is 2. The molecule has 1 aromatic heterocycles.